The smallest absolute Gasteiger partial charge is 0.260 e. The van der Waals surface area contributed by atoms with E-state index in [0.29, 0.717) is 12.4 Å². The van der Waals surface area contributed by atoms with Crippen molar-refractivity contribution >= 4 is 10.0 Å². The van der Waals surface area contributed by atoms with Gasteiger partial charge >= 0.3 is 0 Å². The van der Waals surface area contributed by atoms with Crippen molar-refractivity contribution in [2.75, 3.05) is 0 Å². The summed E-state index contributed by atoms with van der Waals surface area (Å²) in [4.78, 5) is 4.04. The van der Waals surface area contributed by atoms with Gasteiger partial charge in [-0.3, -0.25) is 0 Å². The van der Waals surface area contributed by atoms with Crippen molar-refractivity contribution in [1.29, 1.82) is 0 Å². The zero-order valence-corrected chi connectivity index (χ0v) is 11.6. The molecule has 0 aliphatic heterocycles. The van der Waals surface area contributed by atoms with Gasteiger partial charge in [0.2, 0.25) is 0 Å². The molecule has 2 rings (SSSR count). The number of nitrogens with one attached hydrogen (secondary N) is 2. The van der Waals surface area contributed by atoms with E-state index in [1.807, 2.05) is 6.92 Å². The minimum atomic E-state index is -3.70. The summed E-state index contributed by atoms with van der Waals surface area (Å²) in [5, 5.41) is 13.1. The minimum Gasteiger partial charge on any atom is -0.334 e. The summed E-state index contributed by atoms with van der Waals surface area (Å²) in [5.74, 6) is 0.922. The lowest BCUT2D eigenvalue weighted by Crippen LogP contribution is -2.28. The first-order chi connectivity index (χ1) is 8.94. The van der Waals surface area contributed by atoms with Crippen LogP contribution in [0.5, 0.6) is 0 Å². The van der Waals surface area contributed by atoms with Crippen LogP contribution in [0.25, 0.3) is 0 Å². The van der Waals surface area contributed by atoms with E-state index in [4.69, 9.17) is 0 Å². The van der Waals surface area contributed by atoms with Crippen molar-refractivity contribution in [1.82, 2.24) is 34.9 Å². The normalized spacial score (nSPS) is 13.6. The molecule has 19 heavy (non-hydrogen) atoms. The highest BCUT2D eigenvalue weighted by Crippen LogP contribution is 2.13. The largest absolute Gasteiger partial charge is 0.334 e. The van der Waals surface area contributed by atoms with Crippen LogP contribution in [0.4, 0.5) is 0 Å². The van der Waals surface area contributed by atoms with Gasteiger partial charge in [0, 0.05) is 12.7 Å². The van der Waals surface area contributed by atoms with Crippen LogP contribution in [0, 0.1) is 6.92 Å². The van der Waals surface area contributed by atoms with Gasteiger partial charge in [-0.2, -0.15) is 9.94 Å². The molecule has 2 aromatic rings. The van der Waals surface area contributed by atoms with Gasteiger partial charge in [-0.05, 0) is 20.8 Å². The molecule has 0 amide bonds. The first-order valence-corrected chi connectivity index (χ1v) is 7.21. The highest BCUT2D eigenvalue weighted by Gasteiger charge is 2.23. The second-order valence-corrected chi connectivity index (χ2v) is 5.69. The molecule has 0 saturated heterocycles. The molecule has 1 unspecified atom stereocenters. The Morgan fingerprint density at radius 1 is 1.53 bits per heavy atom. The van der Waals surface area contributed by atoms with E-state index in [0.717, 1.165) is 0 Å². The van der Waals surface area contributed by atoms with Crippen molar-refractivity contribution in [2.45, 2.75) is 38.4 Å². The Kier molecular flexibility index (Phi) is 3.62. The number of aryl methyl sites for hydroxylation is 2. The third kappa shape index (κ3) is 2.79. The summed E-state index contributed by atoms with van der Waals surface area (Å²) >= 11 is 0. The number of hydrogen-bond donors (Lipinski definition) is 2. The molecule has 0 fully saturated rings. The number of hydrogen-bond acceptors (Lipinski definition) is 6. The summed E-state index contributed by atoms with van der Waals surface area (Å²) in [6.07, 6.45) is 1.50. The van der Waals surface area contributed by atoms with Gasteiger partial charge in [0.05, 0.1) is 6.04 Å². The Balaban J connectivity index is 2.22. The fourth-order valence-corrected chi connectivity index (χ4v) is 2.84. The van der Waals surface area contributed by atoms with Gasteiger partial charge in [0.1, 0.15) is 5.82 Å². The van der Waals surface area contributed by atoms with Crippen LogP contribution in [-0.4, -0.2) is 38.6 Å². The topological polar surface area (TPSA) is 118 Å². The molecule has 0 aliphatic carbocycles. The van der Waals surface area contributed by atoms with Crippen LogP contribution in [0.15, 0.2) is 11.2 Å². The molecule has 2 heterocycles. The van der Waals surface area contributed by atoms with Crippen molar-refractivity contribution < 1.29 is 8.42 Å². The maximum Gasteiger partial charge on any atom is 0.260 e. The van der Waals surface area contributed by atoms with E-state index in [1.165, 1.54) is 6.20 Å². The monoisotopic (exact) mass is 285 g/mol. The zero-order valence-electron chi connectivity index (χ0n) is 10.8. The number of H-pyrrole nitrogens is 1. The molecule has 2 N–H and O–H groups in total. The molecule has 0 aliphatic rings. The molecule has 0 bridgehead atoms. The van der Waals surface area contributed by atoms with Gasteiger partial charge in [0.15, 0.2) is 10.9 Å². The first kappa shape index (κ1) is 13.6. The summed E-state index contributed by atoms with van der Waals surface area (Å²) in [6, 6.07) is -0.587. The number of tetrazole rings is 1. The van der Waals surface area contributed by atoms with Crippen LogP contribution < -0.4 is 4.72 Å². The number of nitrogens with zero attached hydrogens (tertiary/aromatic N) is 5. The predicted molar refractivity (Wildman–Crippen MR) is 65.6 cm³/mol. The van der Waals surface area contributed by atoms with Gasteiger partial charge < -0.3 is 4.57 Å². The van der Waals surface area contributed by atoms with Crippen LogP contribution in [0.3, 0.4) is 0 Å². The number of aromatic amines is 1. The maximum atomic E-state index is 12.1. The second-order valence-electron chi connectivity index (χ2n) is 4.03. The Bertz CT molecular complexity index is 646. The Labute approximate surface area is 110 Å². The van der Waals surface area contributed by atoms with Crippen LogP contribution in [-0.2, 0) is 16.6 Å². The fraction of sp³-hybridized carbons (Fsp3) is 0.556. The minimum absolute atomic E-state index is 0.0119. The molecule has 0 saturated carbocycles. The third-order valence-electron chi connectivity index (χ3n) is 2.65. The quantitative estimate of drug-likeness (QED) is 0.783. The summed E-state index contributed by atoms with van der Waals surface area (Å²) in [7, 11) is -3.70. The predicted octanol–water partition coefficient (Wildman–Crippen LogP) is -0.236. The molecule has 2 aromatic heterocycles. The fourth-order valence-electron chi connectivity index (χ4n) is 1.63. The molecule has 9 nitrogen and oxygen atoms in total. The van der Waals surface area contributed by atoms with Crippen molar-refractivity contribution in [2.24, 2.45) is 0 Å². The Morgan fingerprint density at radius 3 is 2.79 bits per heavy atom. The van der Waals surface area contributed by atoms with Gasteiger partial charge in [0.25, 0.3) is 10.0 Å². The van der Waals surface area contributed by atoms with Gasteiger partial charge in [-0.15, -0.1) is 10.2 Å². The van der Waals surface area contributed by atoms with Gasteiger partial charge in [-0.1, -0.05) is 5.21 Å². The second kappa shape index (κ2) is 5.05. The average Bonchev–Trinajstić information content (AvgIpc) is 2.96. The van der Waals surface area contributed by atoms with E-state index in [2.05, 4.69) is 30.3 Å². The first-order valence-electron chi connectivity index (χ1n) is 5.73. The van der Waals surface area contributed by atoms with E-state index < -0.39 is 16.1 Å². The van der Waals surface area contributed by atoms with Crippen LogP contribution >= 0.6 is 0 Å². The Hall–Kier alpha value is -1.81. The highest BCUT2D eigenvalue weighted by atomic mass is 32.2. The highest BCUT2D eigenvalue weighted by molar-refractivity contribution is 7.89. The Morgan fingerprint density at radius 2 is 2.26 bits per heavy atom. The summed E-state index contributed by atoms with van der Waals surface area (Å²) < 4.78 is 28.5. The van der Waals surface area contributed by atoms with E-state index >= 15 is 0 Å². The molecule has 104 valence electrons. The van der Waals surface area contributed by atoms with Crippen molar-refractivity contribution in [3.8, 4) is 0 Å². The number of rotatable bonds is 5. The lowest BCUT2D eigenvalue weighted by molar-refractivity contribution is 0.556. The summed E-state index contributed by atoms with van der Waals surface area (Å²) in [6.45, 7) is 5.96. The number of sulfonamides is 1. The summed E-state index contributed by atoms with van der Waals surface area (Å²) in [5.41, 5.74) is 0. The molecule has 10 heteroatoms. The molecule has 0 radical (unpaired) electrons. The standard InChI is InChI=1S/C9H15N7O2S/c1-4-16-5-8(10-7(16)3)19(17,18)13-6(2)9-11-14-15-12-9/h5-6,13H,4H2,1-3H3,(H,11,12,14,15). The van der Waals surface area contributed by atoms with E-state index in [9.17, 15) is 8.42 Å². The average molecular weight is 285 g/mol. The van der Waals surface area contributed by atoms with Crippen LogP contribution in [0.1, 0.15) is 31.5 Å². The molecule has 0 aromatic carbocycles. The maximum absolute atomic E-state index is 12.1. The van der Waals surface area contributed by atoms with Gasteiger partial charge in [-0.25, -0.2) is 13.4 Å². The molecule has 0 spiro atoms. The number of imidazole rings is 1. The SMILES string of the molecule is CCn1cc(S(=O)(=O)NC(C)c2nn[nH]n2)nc1C. The van der Waals surface area contributed by atoms with E-state index in [-0.39, 0.29) is 10.9 Å². The third-order valence-corrected chi connectivity index (χ3v) is 4.06. The zero-order chi connectivity index (χ0) is 14.0. The van der Waals surface area contributed by atoms with E-state index in [1.54, 1.807) is 18.4 Å². The molecule has 1 atom stereocenters. The lowest BCUT2D eigenvalue weighted by Gasteiger charge is -2.08. The molecular weight excluding hydrogens is 270 g/mol. The van der Waals surface area contributed by atoms with Crippen molar-refractivity contribution in [3.63, 3.8) is 0 Å². The van der Waals surface area contributed by atoms with Crippen molar-refractivity contribution in [3.05, 3.63) is 17.8 Å². The number of aromatic nitrogens is 6. The lowest BCUT2D eigenvalue weighted by atomic mass is 10.4. The van der Waals surface area contributed by atoms with Crippen LogP contribution in [0.2, 0.25) is 0 Å². The molecular formula is C9H15N7O2S.